The topological polar surface area (TPSA) is 47.3 Å². The lowest BCUT2D eigenvalue weighted by Crippen LogP contribution is -2.20. The molecule has 4 nitrogen and oxygen atoms in total. The van der Waals surface area contributed by atoms with Crippen LogP contribution >= 0.6 is 0 Å². The molecule has 1 aliphatic rings. The lowest BCUT2D eigenvalue weighted by Gasteiger charge is -2.22. The van der Waals surface area contributed by atoms with Crippen molar-refractivity contribution in [1.82, 2.24) is 10.3 Å². The summed E-state index contributed by atoms with van der Waals surface area (Å²) in [7, 11) is 1.72. The average molecular weight is 238 g/mol. The zero-order valence-corrected chi connectivity index (χ0v) is 10.6. The third-order valence-electron chi connectivity index (χ3n) is 3.31. The second kappa shape index (κ2) is 6.77. The number of rotatable bonds is 8. The maximum absolute atomic E-state index is 5.75. The van der Waals surface area contributed by atoms with Crippen LogP contribution in [-0.2, 0) is 11.2 Å². The van der Waals surface area contributed by atoms with E-state index in [1.54, 1.807) is 7.11 Å². The quantitative estimate of drug-likeness (QED) is 0.705. The SMILES string of the molecule is COCCNCCCc1ncc(C2CCC2)o1. The van der Waals surface area contributed by atoms with Gasteiger partial charge >= 0.3 is 0 Å². The summed E-state index contributed by atoms with van der Waals surface area (Å²) in [4.78, 5) is 4.33. The Labute approximate surface area is 103 Å². The predicted octanol–water partition coefficient (Wildman–Crippen LogP) is 2.11. The van der Waals surface area contributed by atoms with Gasteiger partial charge in [-0.05, 0) is 25.8 Å². The molecule has 0 unspecified atom stereocenters. The zero-order chi connectivity index (χ0) is 11.9. The molecule has 17 heavy (non-hydrogen) atoms. The monoisotopic (exact) mass is 238 g/mol. The number of ether oxygens (including phenoxy) is 1. The van der Waals surface area contributed by atoms with Gasteiger partial charge in [-0.15, -0.1) is 0 Å². The van der Waals surface area contributed by atoms with Crippen LogP contribution in [0.2, 0.25) is 0 Å². The van der Waals surface area contributed by atoms with Crippen LogP contribution in [0.3, 0.4) is 0 Å². The fourth-order valence-electron chi connectivity index (χ4n) is 1.99. The first kappa shape index (κ1) is 12.6. The Balaban J connectivity index is 1.60. The molecular formula is C13H22N2O2. The fraction of sp³-hybridized carbons (Fsp3) is 0.769. The Morgan fingerprint density at radius 3 is 3.06 bits per heavy atom. The summed E-state index contributed by atoms with van der Waals surface area (Å²) in [5.41, 5.74) is 0. The van der Waals surface area contributed by atoms with Crippen LogP contribution in [-0.4, -0.2) is 31.8 Å². The Morgan fingerprint density at radius 2 is 2.35 bits per heavy atom. The first-order valence-corrected chi connectivity index (χ1v) is 6.54. The summed E-state index contributed by atoms with van der Waals surface area (Å²) >= 11 is 0. The summed E-state index contributed by atoms with van der Waals surface area (Å²) in [6.07, 6.45) is 7.78. The molecule has 1 aromatic rings. The van der Waals surface area contributed by atoms with Gasteiger partial charge < -0.3 is 14.5 Å². The maximum atomic E-state index is 5.75. The number of aryl methyl sites for hydroxylation is 1. The van der Waals surface area contributed by atoms with E-state index in [-0.39, 0.29) is 0 Å². The normalized spacial score (nSPS) is 16.1. The van der Waals surface area contributed by atoms with Crippen molar-refractivity contribution in [2.45, 2.75) is 38.0 Å². The largest absolute Gasteiger partial charge is 0.445 e. The second-order valence-electron chi connectivity index (χ2n) is 4.63. The van der Waals surface area contributed by atoms with Crippen LogP contribution in [0.4, 0.5) is 0 Å². The first-order valence-electron chi connectivity index (χ1n) is 6.54. The molecule has 4 heteroatoms. The molecule has 1 N–H and O–H groups in total. The molecule has 1 aliphatic carbocycles. The predicted molar refractivity (Wildman–Crippen MR) is 66.2 cm³/mol. The summed E-state index contributed by atoms with van der Waals surface area (Å²) in [6.45, 7) is 2.67. The van der Waals surface area contributed by atoms with Crippen LogP contribution in [0.5, 0.6) is 0 Å². The molecular weight excluding hydrogens is 216 g/mol. The summed E-state index contributed by atoms with van der Waals surface area (Å²) in [5, 5.41) is 3.31. The van der Waals surface area contributed by atoms with Gasteiger partial charge in [-0.2, -0.15) is 0 Å². The van der Waals surface area contributed by atoms with E-state index in [0.717, 1.165) is 44.2 Å². The van der Waals surface area contributed by atoms with Crippen LogP contribution < -0.4 is 5.32 Å². The van der Waals surface area contributed by atoms with Crippen molar-refractivity contribution in [3.05, 3.63) is 17.8 Å². The molecule has 1 saturated carbocycles. The molecule has 0 spiro atoms. The molecule has 0 aromatic carbocycles. The lowest BCUT2D eigenvalue weighted by molar-refractivity contribution is 0.199. The van der Waals surface area contributed by atoms with Crippen LogP contribution in [0, 0.1) is 0 Å². The molecule has 0 aliphatic heterocycles. The minimum atomic E-state index is 0.649. The van der Waals surface area contributed by atoms with E-state index in [1.807, 2.05) is 6.20 Å². The van der Waals surface area contributed by atoms with Crippen molar-refractivity contribution >= 4 is 0 Å². The molecule has 1 fully saturated rings. The standard InChI is InChI=1S/C13H22N2O2/c1-16-9-8-14-7-3-6-13-15-10-12(17-13)11-4-2-5-11/h10-11,14H,2-9H2,1H3. The average Bonchev–Trinajstić information content (AvgIpc) is 2.69. The third-order valence-corrected chi connectivity index (χ3v) is 3.31. The van der Waals surface area contributed by atoms with Gasteiger partial charge in [0, 0.05) is 26.0 Å². The Kier molecular flexibility index (Phi) is 5.01. The minimum Gasteiger partial charge on any atom is -0.445 e. The molecule has 0 saturated heterocycles. The summed E-state index contributed by atoms with van der Waals surface area (Å²) in [6, 6.07) is 0. The Hall–Kier alpha value is -0.870. The van der Waals surface area contributed by atoms with Gasteiger partial charge in [0.05, 0.1) is 12.8 Å². The molecule has 1 heterocycles. The van der Waals surface area contributed by atoms with Gasteiger partial charge in [0.15, 0.2) is 5.89 Å². The molecule has 96 valence electrons. The minimum absolute atomic E-state index is 0.649. The number of hydrogen-bond donors (Lipinski definition) is 1. The number of oxazole rings is 1. The van der Waals surface area contributed by atoms with E-state index in [2.05, 4.69) is 10.3 Å². The zero-order valence-electron chi connectivity index (χ0n) is 10.6. The number of methoxy groups -OCH3 is 1. The number of nitrogens with zero attached hydrogens (tertiary/aromatic N) is 1. The van der Waals surface area contributed by atoms with E-state index >= 15 is 0 Å². The van der Waals surface area contributed by atoms with Crippen LogP contribution in [0.1, 0.15) is 43.3 Å². The van der Waals surface area contributed by atoms with Crippen molar-refractivity contribution < 1.29 is 9.15 Å². The van der Waals surface area contributed by atoms with E-state index in [4.69, 9.17) is 9.15 Å². The number of aromatic nitrogens is 1. The van der Waals surface area contributed by atoms with Crippen molar-refractivity contribution in [2.75, 3.05) is 26.8 Å². The van der Waals surface area contributed by atoms with Gasteiger partial charge in [0.25, 0.3) is 0 Å². The van der Waals surface area contributed by atoms with Gasteiger partial charge in [0.2, 0.25) is 0 Å². The highest BCUT2D eigenvalue weighted by atomic mass is 16.5. The van der Waals surface area contributed by atoms with Crippen LogP contribution in [0.15, 0.2) is 10.6 Å². The van der Waals surface area contributed by atoms with E-state index in [1.165, 1.54) is 19.3 Å². The van der Waals surface area contributed by atoms with Crippen molar-refractivity contribution in [3.8, 4) is 0 Å². The van der Waals surface area contributed by atoms with Gasteiger partial charge in [-0.25, -0.2) is 4.98 Å². The van der Waals surface area contributed by atoms with E-state index in [9.17, 15) is 0 Å². The highest BCUT2D eigenvalue weighted by Crippen LogP contribution is 2.36. The van der Waals surface area contributed by atoms with E-state index < -0.39 is 0 Å². The highest BCUT2D eigenvalue weighted by molar-refractivity contribution is 5.05. The second-order valence-corrected chi connectivity index (χ2v) is 4.63. The number of nitrogens with one attached hydrogen (secondary N) is 1. The molecule has 0 radical (unpaired) electrons. The molecule has 0 atom stereocenters. The Morgan fingerprint density at radius 1 is 1.47 bits per heavy atom. The van der Waals surface area contributed by atoms with Gasteiger partial charge in [-0.3, -0.25) is 0 Å². The Bertz CT molecular complexity index is 321. The third kappa shape index (κ3) is 3.82. The van der Waals surface area contributed by atoms with E-state index in [0.29, 0.717) is 5.92 Å². The first-order chi connectivity index (χ1) is 8.40. The fourth-order valence-corrected chi connectivity index (χ4v) is 1.99. The van der Waals surface area contributed by atoms with Crippen molar-refractivity contribution in [3.63, 3.8) is 0 Å². The maximum Gasteiger partial charge on any atom is 0.194 e. The summed E-state index contributed by atoms with van der Waals surface area (Å²) in [5.74, 6) is 2.63. The van der Waals surface area contributed by atoms with Gasteiger partial charge in [0.1, 0.15) is 5.76 Å². The number of hydrogen-bond acceptors (Lipinski definition) is 4. The highest BCUT2D eigenvalue weighted by Gasteiger charge is 2.23. The van der Waals surface area contributed by atoms with Crippen molar-refractivity contribution in [2.24, 2.45) is 0 Å². The molecule has 1 aromatic heterocycles. The smallest absolute Gasteiger partial charge is 0.194 e. The summed E-state index contributed by atoms with van der Waals surface area (Å²) < 4.78 is 10.7. The molecule has 0 bridgehead atoms. The van der Waals surface area contributed by atoms with Gasteiger partial charge in [-0.1, -0.05) is 6.42 Å². The lowest BCUT2D eigenvalue weighted by atomic mass is 9.84. The molecule has 2 rings (SSSR count). The van der Waals surface area contributed by atoms with Crippen molar-refractivity contribution in [1.29, 1.82) is 0 Å². The molecule has 0 amide bonds. The van der Waals surface area contributed by atoms with Crippen LogP contribution in [0.25, 0.3) is 0 Å².